The highest BCUT2D eigenvalue weighted by Gasteiger charge is 2.30. The third-order valence-corrected chi connectivity index (χ3v) is 3.57. The van der Waals surface area contributed by atoms with Crippen LogP contribution in [0.1, 0.15) is 30.9 Å². The third-order valence-electron chi connectivity index (χ3n) is 3.57. The predicted octanol–water partition coefficient (Wildman–Crippen LogP) is 3.80. The molecule has 0 aliphatic heterocycles. The van der Waals surface area contributed by atoms with E-state index in [9.17, 15) is 0 Å². The summed E-state index contributed by atoms with van der Waals surface area (Å²) in [6, 6.07) is 21.3. The van der Waals surface area contributed by atoms with E-state index in [1.54, 1.807) is 0 Å². The van der Waals surface area contributed by atoms with Gasteiger partial charge in [-0.15, -0.1) is 0 Å². The molecule has 0 saturated carbocycles. The van der Waals surface area contributed by atoms with Crippen molar-refractivity contribution in [3.63, 3.8) is 0 Å². The van der Waals surface area contributed by atoms with Gasteiger partial charge in [0.05, 0.1) is 0 Å². The average molecular weight is 239 g/mol. The Morgan fingerprint density at radius 3 is 1.56 bits per heavy atom. The molecule has 0 spiro atoms. The van der Waals surface area contributed by atoms with Crippen LogP contribution in [-0.2, 0) is 0 Å². The van der Waals surface area contributed by atoms with Gasteiger partial charge in [0.15, 0.2) is 0 Å². The molecule has 0 heterocycles. The lowest BCUT2D eigenvalue weighted by molar-refractivity contribution is 0.330. The number of hydrogen-bond donors (Lipinski definition) is 1. The maximum Gasteiger partial charge on any atom is 0.0152 e. The van der Waals surface area contributed by atoms with Crippen molar-refractivity contribution in [2.45, 2.75) is 19.8 Å². The largest absolute Gasteiger partial charge is 0.330 e. The molecule has 18 heavy (non-hydrogen) atoms. The fourth-order valence-electron chi connectivity index (χ4n) is 2.50. The fraction of sp³-hybridized carbons (Fsp3) is 0.294. The third kappa shape index (κ3) is 2.62. The molecule has 0 aliphatic carbocycles. The molecule has 94 valence electrons. The van der Waals surface area contributed by atoms with Crippen molar-refractivity contribution in [1.82, 2.24) is 0 Å². The van der Waals surface area contributed by atoms with E-state index in [-0.39, 0.29) is 5.41 Å². The lowest BCUT2D eigenvalue weighted by atomic mass is 9.71. The van der Waals surface area contributed by atoms with E-state index >= 15 is 0 Å². The minimum Gasteiger partial charge on any atom is -0.330 e. The summed E-state index contributed by atoms with van der Waals surface area (Å²) < 4.78 is 0. The van der Waals surface area contributed by atoms with Crippen molar-refractivity contribution < 1.29 is 0 Å². The molecule has 0 radical (unpaired) electrons. The topological polar surface area (TPSA) is 26.0 Å². The Hall–Kier alpha value is -1.60. The molecule has 2 aromatic rings. The van der Waals surface area contributed by atoms with E-state index in [1.807, 2.05) is 0 Å². The smallest absolute Gasteiger partial charge is 0.0152 e. The zero-order valence-corrected chi connectivity index (χ0v) is 11.1. The van der Waals surface area contributed by atoms with Crippen LogP contribution in [0, 0.1) is 5.41 Å². The molecule has 0 saturated heterocycles. The van der Waals surface area contributed by atoms with E-state index in [4.69, 9.17) is 5.73 Å². The molecule has 0 amide bonds. The number of rotatable bonds is 4. The second-order valence-corrected chi connectivity index (χ2v) is 5.45. The monoisotopic (exact) mass is 239 g/mol. The van der Waals surface area contributed by atoms with Gasteiger partial charge in [0, 0.05) is 5.92 Å². The molecule has 0 aliphatic rings. The van der Waals surface area contributed by atoms with Crippen molar-refractivity contribution in [3.05, 3.63) is 71.8 Å². The maximum atomic E-state index is 5.98. The van der Waals surface area contributed by atoms with Crippen LogP contribution in [-0.4, -0.2) is 6.54 Å². The standard InChI is InChI=1S/C17H21N/c1-17(2,13-18)16(14-9-5-3-6-10-14)15-11-7-4-8-12-15/h3-12,16H,13,18H2,1-2H3. The zero-order chi connectivity index (χ0) is 13.0. The second kappa shape index (κ2) is 5.36. The summed E-state index contributed by atoms with van der Waals surface area (Å²) in [5.74, 6) is 0.338. The van der Waals surface area contributed by atoms with Crippen molar-refractivity contribution in [2.24, 2.45) is 11.1 Å². The van der Waals surface area contributed by atoms with Gasteiger partial charge in [-0.25, -0.2) is 0 Å². The van der Waals surface area contributed by atoms with Crippen LogP contribution in [0.5, 0.6) is 0 Å². The SMILES string of the molecule is CC(C)(CN)C(c1ccccc1)c1ccccc1. The molecule has 2 N–H and O–H groups in total. The lowest BCUT2D eigenvalue weighted by Crippen LogP contribution is -2.31. The summed E-state index contributed by atoms with van der Waals surface area (Å²) in [7, 11) is 0. The maximum absolute atomic E-state index is 5.98. The van der Waals surface area contributed by atoms with Crippen LogP contribution in [0.25, 0.3) is 0 Å². The average Bonchev–Trinajstić information content (AvgIpc) is 2.41. The van der Waals surface area contributed by atoms with E-state index < -0.39 is 0 Å². The number of hydrogen-bond acceptors (Lipinski definition) is 1. The van der Waals surface area contributed by atoms with E-state index in [1.165, 1.54) is 11.1 Å². The molecule has 0 atom stereocenters. The van der Waals surface area contributed by atoms with E-state index in [0.717, 1.165) is 0 Å². The first-order valence-electron chi connectivity index (χ1n) is 6.45. The van der Waals surface area contributed by atoms with Crippen LogP contribution < -0.4 is 5.73 Å². The first-order valence-corrected chi connectivity index (χ1v) is 6.45. The Kier molecular flexibility index (Phi) is 3.83. The van der Waals surface area contributed by atoms with Crippen molar-refractivity contribution >= 4 is 0 Å². The summed E-state index contributed by atoms with van der Waals surface area (Å²) in [6.45, 7) is 5.14. The normalized spacial score (nSPS) is 11.8. The first kappa shape index (κ1) is 12.8. The molecule has 0 unspecified atom stereocenters. The fourth-order valence-corrected chi connectivity index (χ4v) is 2.50. The zero-order valence-electron chi connectivity index (χ0n) is 11.1. The van der Waals surface area contributed by atoms with Gasteiger partial charge in [-0.05, 0) is 23.1 Å². The molecule has 0 fully saturated rings. The molecule has 0 aromatic heterocycles. The summed E-state index contributed by atoms with van der Waals surface area (Å²) in [6.07, 6.45) is 0. The van der Waals surface area contributed by atoms with Crippen LogP contribution in [0.2, 0.25) is 0 Å². The van der Waals surface area contributed by atoms with Gasteiger partial charge < -0.3 is 5.73 Å². The van der Waals surface area contributed by atoms with Crippen LogP contribution in [0.3, 0.4) is 0 Å². The van der Waals surface area contributed by atoms with Crippen LogP contribution in [0.15, 0.2) is 60.7 Å². The van der Waals surface area contributed by atoms with E-state index in [2.05, 4.69) is 74.5 Å². The van der Waals surface area contributed by atoms with Gasteiger partial charge >= 0.3 is 0 Å². The van der Waals surface area contributed by atoms with Crippen molar-refractivity contribution in [2.75, 3.05) is 6.54 Å². The van der Waals surface area contributed by atoms with Gasteiger partial charge in [0.2, 0.25) is 0 Å². The van der Waals surface area contributed by atoms with Crippen molar-refractivity contribution in [3.8, 4) is 0 Å². The summed E-state index contributed by atoms with van der Waals surface area (Å²) in [5, 5.41) is 0. The Morgan fingerprint density at radius 1 is 0.833 bits per heavy atom. The van der Waals surface area contributed by atoms with E-state index in [0.29, 0.717) is 12.5 Å². The number of benzene rings is 2. The molecule has 0 bridgehead atoms. The molecular formula is C17H21N. The van der Waals surface area contributed by atoms with Gasteiger partial charge in [0.1, 0.15) is 0 Å². The summed E-state index contributed by atoms with van der Waals surface area (Å²) >= 11 is 0. The van der Waals surface area contributed by atoms with Crippen molar-refractivity contribution in [1.29, 1.82) is 0 Å². The Bertz CT molecular complexity index is 434. The Morgan fingerprint density at radius 2 is 1.22 bits per heavy atom. The molecule has 2 aromatic carbocycles. The Labute approximate surface area is 110 Å². The first-order chi connectivity index (χ1) is 8.65. The van der Waals surface area contributed by atoms with Crippen LogP contribution >= 0.6 is 0 Å². The highest BCUT2D eigenvalue weighted by Crippen LogP contribution is 2.39. The van der Waals surface area contributed by atoms with Gasteiger partial charge in [-0.2, -0.15) is 0 Å². The quantitative estimate of drug-likeness (QED) is 0.862. The molecule has 1 nitrogen and oxygen atoms in total. The highest BCUT2D eigenvalue weighted by molar-refractivity contribution is 5.34. The predicted molar refractivity (Wildman–Crippen MR) is 77.6 cm³/mol. The second-order valence-electron chi connectivity index (χ2n) is 5.45. The lowest BCUT2D eigenvalue weighted by Gasteiger charge is -2.34. The molecule has 2 rings (SSSR count). The molecule has 1 heteroatoms. The highest BCUT2D eigenvalue weighted by atomic mass is 14.6. The van der Waals surface area contributed by atoms with Crippen LogP contribution in [0.4, 0.5) is 0 Å². The van der Waals surface area contributed by atoms with Gasteiger partial charge in [0.25, 0.3) is 0 Å². The Balaban J connectivity index is 2.49. The number of nitrogens with two attached hydrogens (primary N) is 1. The minimum atomic E-state index is 0.0444. The summed E-state index contributed by atoms with van der Waals surface area (Å²) in [4.78, 5) is 0. The van der Waals surface area contributed by atoms with Gasteiger partial charge in [-0.1, -0.05) is 74.5 Å². The summed E-state index contributed by atoms with van der Waals surface area (Å²) in [5.41, 5.74) is 8.69. The minimum absolute atomic E-state index is 0.0444. The van der Waals surface area contributed by atoms with Gasteiger partial charge in [-0.3, -0.25) is 0 Å². The molecular weight excluding hydrogens is 218 g/mol.